The number of amides is 2. The summed E-state index contributed by atoms with van der Waals surface area (Å²) in [7, 11) is 0. The molecule has 2 amide bonds. The van der Waals surface area contributed by atoms with E-state index < -0.39 is 5.60 Å². The van der Waals surface area contributed by atoms with Crippen LogP contribution in [0.3, 0.4) is 0 Å². The van der Waals surface area contributed by atoms with Gasteiger partial charge in [-0.2, -0.15) is 0 Å². The number of carbonyl (C=O) groups excluding carboxylic acids is 1. The predicted octanol–water partition coefficient (Wildman–Crippen LogP) is 3.98. The van der Waals surface area contributed by atoms with Crippen molar-refractivity contribution >= 4 is 11.7 Å². The predicted molar refractivity (Wildman–Crippen MR) is 137 cm³/mol. The van der Waals surface area contributed by atoms with Crippen molar-refractivity contribution in [1.29, 1.82) is 0 Å². The average Bonchev–Trinajstić information content (AvgIpc) is 3.14. The number of hydrogen-bond acceptors (Lipinski definition) is 4. The molecule has 2 atom stereocenters. The molecular formula is C29H35N3O3. The van der Waals surface area contributed by atoms with Crippen molar-refractivity contribution in [2.75, 3.05) is 44.7 Å². The Morgan fingerprint density at radius 2 is 1.80 bits per heavy atom. The first-order chi connectivity index (χ1) is 17.0. The lowest BCUT2D eigenvalue weighted by Crippen LogP contribution is -2.43. The van der Waals surface area contributed by atoms with Gasteiger partial charge < -0.3 is 20.1 Å². The summed E-state index contributed by atoms with van der Waals surface area (Å²) in [5.74, 6) is 6.62. The summed E-state index contributed by atoms with van der Waals surface area (Å²) in [5, 5.41) is 13.7. The normalized spacial score (nSPS) is 24.1. The third-order valence-corrected chi connectivity index (χ3v) is 7.63. The van der Waals surface area contributed by atoms with Crippen molar-refractivity contribution < 1.29 is 14.6 Å². The fraction of sp³-hybridized carbons (Fsp3) is 0.483. The highest BCUT2D eigenvalue weighted by Crippen LogP contribution is 2.35. The van der Waals surface area contributed by atoms with E-state index in [-0.39, 0.29) is 6.03 Å². The van der Waals surface area contributed by atoms with E-state index in [0.717, 1.165) is 50.3 Å². The van der Waals surface area contributed by atoms with Crippen LogP contribution in [0, 0.1) is 18.8 Å². The Balaban J connectivity index is 1.26. The van der Waals surface area contributed by atoms with Crippen molar-refractivity contribution in [2.24, 2.45) is 0 Å². The van der Waals surface area contributed by atoms with Gasteiger partial charge in [0.1, 0.15) is 5.60 Å². The summed E-state index contributed by atoms with van der Waals surface area (Å²) in [6.45, 7) is 6.77. The van der Waals surface area contributed by atoms with Gasteiger partial charge in [-0.3, -0.25) is 4.90 Å². The number of aryl methyl sites for hydroxylation is 1. The Hall–Kier alpha value is -2.85. The monoisotopic (exact) mass is 473 g/mol. The molecule has 6 heteroatoms. The molecule has 35 heavy (non-hydrogen) atoms. The molecule has 3 fully saturated rings. The van der Waals surface area contributed by atoms with Crippen molar-refractivity contribution in [2.45, 2.75) is 50.2 Å². The topological polar surface area (TPSA) is 65.0 Å². The first-order valence-electron chi connectivity index (χ1n) is 12.8. The van der Waals surface area contributed by atoms with Gasteiger partial charge in [0.25, 0.3) is 0 Å². The van der Waals surface area contributed by atoms with Crippen LogP contribution in [0.2, 0.25) is 0 Å². The second kappa shape index (κ2) is 10.4. The summed E-state index contributed by atoms with van der Waals surface area (Å²) < 4.78 is 5.34. The maximum Gasteiger partial charge on any atom is 0.321 e. The van der Waals surface area contributed by atoms with Crippen LogP contribution in [0.4, 0.5) is 10.5 Å². The Labute approximate surface area is 208 Å². The zero-order chi connectivity index (χ0) is 24.3. The Morgan fingerprint density at radius 3 is 2.54 bits per heavy atom. The molecule has 5 rings (SSSR count). The van der Waals surface area contributed by atoms with Crippen molar-refractivity contribution in [3.63, 3.8) is 0 Å². The second-order valence-corrected chi connectivity index (χ2v) is 10.1. The zero-order valence-corrected chi connectivity index (χ0v) is 20.5. The molecule has 0 saturated carbocycles. The van der Waals surface area contributed by atoms with E-state index in [1.165, 1.54) is 11.1 Å². The molecule has 2 N–H and O–H groups in total. The lowest BCUT2D eigenvalue weighted by atomic mass is 9.90. The van der Waals surface area contributed by atoms with Gasteiger partial charge in [-0.05, 0) is 56.1 Å². The standard InChI is InChI=1S/C29H35N3O3/c1-22-3-9-25(10-4-22)30-28(33)32-17-2-16-31-18-12-26(27(31)21-32)24-7-5-23(6-8-24)11-13-29(34)14-19-35-20-15-29/h3-10,26-27,34H,2,12,14-21H2,1H3,(H,30,33)/t26-,27+/m1/s1. The van der Waals surface area contributed by atoms with Crippen molar-refractivity contribution in [3.8, 4) is 11.8 Å². The van der Waals surface area contributed by atoms with Gasteiger partial charge in [0.2, 0.25) is 0 Å². The van der Waals surface area contributed by atoms with Crippen LogP contribution in [0.5, 0.6) is 0 Å². The highest BCUT2D eigenvalue weighted by atomic mass is 16.5. The number of nitrogens with zero attached hydrogens (tertiary/aromatic N) is 2. The molecule has 2 aromatic rings. The minimum atomic E-state index is -0.939. The Kier molecular flexibility index (Phi) is 7.10. The summed E-state index contributed by atoms with van der Waals surface area (Å²) in [4.78, 5) is 17.6. The van der Waals surface area contributed by atoms with Crippen molar-refractivity contribution in [3.05, 3.63) is 65.2 Å². The number of carbonyl (C=O) groups is 1. The van der Waals surface area contributed by atoms with E-state index in [1.54, 1.807) is 0 Å². The highest BCUT2D eigenvalue weighted by molar-refractivity contribution is 5.89. The smallest absolute Gasteiger partial charge is 0.321 e. The Bertz CT molecular complexity index is 1080. The summed E-state index contributed by atoms with van der Waals surface area (Å²) >= 11 is 0. The number of benzene rings is 2. The van der Waals surface area contributed by atoms with Gasteiger partial charge in [0.05, 0.1) is 13.2 Å². The van der Waals surface area contributed by atoms with Crippen LogP contribution in [0.15, 0.2) is 48.5 Å². The first kappa shape index (κ1) is 23.9. The third-order valence-electron chi connectivity index (χ3n) is 7.63. The van der Waals surface area contributed by atoms with Crippen LogP contribution in [-0.4, -0.2) is 72.0 Å². The number of anilines is 1. The molecular weight excluding hydrogens is 438 g/mol. The average molecular weight is 474 g/mol. The molecule has 3 heterocycles. The molecule has 0 aliphatic carbocycles. The van der Waals surface area contributed by atoms with Gasteiger partial charge in [-0.25, -0.2) is 4.79 Å². The fourth-order valence-electron chi connectivity index (χ4n) is 5.47. The summed E-state index contributed by atoms with van der Waals surface area (Å²) in [5.41, 5.74) is 3.30. The number of urea groups is 1. The van der Waals surface area contributed by atoms with E-state index in [4.69, 9.17) is 4.74 Å². The molecule has 0 spiro atoms. The molecule has 0 unspecified atom stereocenters. The van der Waals surface area contributed by atoms with Gasteiger partial charge in [0.15, 0.2) is 0 Å². The van der Waals surface area contributed by atoms with E-state index in [2.05, 4.69) is 46.3 Å². The number of fused-ring (bicyclic) bond motifs is 1. The maximum atomic E-state index is 13.1. The molecule has 3 aliphatic rings. The molecule has 3 aliphatic heterocycles. The summed E-state index contributed by atoms with van der Waals surface area (Å²) in [6, 6.07) is 16.7. The number of hydrogen-bond donors (Lipinski definition) is 2. The molecule has 3 saturated heterocycles. The maximum absolute atomic E-state index is 13.1. The molecule has 184 valence electrons. The van der Waals surface area contributed by atoms with Crippen molar-refractivity contribution in [1.82, 2.24) is 9.80 Å². The van der Waals surface area contributed by atoms with Crippen LogP contribution in [-0.2, 0) is 4.74 Å². The van der Waals surface area contributed by atoms with Gasteiger partial charge in [0, 0.05) is 55.7 Å². The largest absolute Gasteiger partial charge is 0.381 e. The molecule has 0 bridgehead atoms. The van der Waals surface area contributed by atoms with Crippen LogP contribution >= 0.6 is 0 Å². The molecule has 0 aromatic heterocycles. The lowest BCUT2D eigenvalue weighted by Gasteiger charge is -2.30. The van der Waals surface area contributed by atoms with E-state index in [1.807, 2.05) is 36.1 Å². The second-order valence-electron chi connectivity index (χ2n) is 10.1. The number of rotatable bonds is 2. The van der Waals surface area contributed by atoms with E-state index in [0.29, 0.717) is 38.0 Å². The van der Waals surface area contributed by atoms with E-state index in [9.17, 15) is 9.90 Å². The molecule has 0 radical (unpaired) electrons. The fourth-order valence-corrected chi connectivity index (χ4v) is 5.47. The SMILES string of the molecule is Cc1ccc(NC(=O)N2CCCN3CC[C@H](c4ccc(C#CC5(O)CCOCC5)cc4)[C@@H]3C2)cc1. The quantitative estimate of drug-likeness (QED) is 0.648. The third kappa shape index (κ3) is 5.70. The lowest BCUT2D eigenvalue weighted by molar-refractivity contribution is -0.0261. The minimum absolute atomic E-state index is 0.0157. The van der Waals surface area contributed by atoms with Gasteiger partial charge in [-0.15, -0.1) is 0 Å². The minimum Gasteiger partial charge on any atom is -0.381 e. The zero-order valence-electron chi connectivity index (χ0n) is 20.5. The Morgan fingerprint density at radius 1 is 1.06 bits per heavy atom. The van der Waals surface area contributed by atoms with Crippen LogP contribution in [0.25, 0.3) is 0 Å². The molecule has 6 nitrogen and oxygen atoms in total. The van der Waals surface area contributed by atoms with Crippen LogP contribution in [0.1, 0.15) is 48.3 Å². The molecule has 2 aromatic carbocycles. The first-order valence-corrected chi connectivity index (χ1v) is 12.8. The summed E-state index contributed by atoms with van der Waals surface area (Å²) in [6.07, 6.45) is 3.22. The van der Waals surface area contributed by atoms with Crippen LogP contribution < -0.4 is 5.32 Å². The highest BCUT2D eigenvalue weighted by Gasteiger charge is 2.38. The number of ether oxygens (including phenoxy) is 1. The van der Waals surface area contributed by atoms with E-state index >= 15 is 0 Å². The number of nitrogens with one attached hydrogen (secondary N) is 1. The van der Waals surface area contributed by atoms with Gasteiger partial charge in [-0.1, -0.05) is 41.7 Å². The number of aliphatic hydroxyl groups is 1. The van der Waals surface area contributed by atoms with Gasteiger partial charge >= 0.3 is 6.03 Å².